The van der Waals surface area contributed by atoms with Crippen LogP contribution in [0.2, 0.25) is 0 Å². The molecule has 0 radical (unpaired) electrons. The number of hydrogen-bond donors (Lipinski definition) is 3. The van der Waals surface area contributed by atoms with Gasteiger partial charge in [-0.05, 0) is 44.4 Å². The van der Waals surface area contributed by atoms with E-state index in [1.807, 2.05) is 25.1 Å². The average Bonchev–Trinajstić information content (AvgIpc) is 2.39. The van der Waals surface area contributed by atoms with Gasteiger partial charge in [-0.1, -0.05) is 13.0 Å². The molecular formula is C15H26N2O2. The Balaban J connectivity index is 2.59. The zero-order valence-electron chi connectivity index (χ0n) is 12.1. The van der Waals surface area contributed by atoms with Crippen molar-refractivity contribution in [3.05, 3.63) is 23.8 Å². The van der Waals surface area contributed by atoms with Crippen LogP contribution in [0.4, 0.5) is 5.69 Å². The molecule has 4 nitrogen and oxygen atoms in total. The highest BCUT2D eigenvalue weighted by Gasteiger charge is 2.10. The van der Waals surface area contributed by atoms with E-state index in [1.165, 1.54) is 5.56 Å². The van der Waals surface area contributed by atoms with E-state index in [0.29, 0.717) is 18.3 Å². The van der Waals surface area contributed by atoms with E-state index in [-0.39, 0.29) is 12.6 Å². The molecule has 0 fully saturated rings. The van der Waals surface area contributed by atoms with Crippen molar-refractivity contribution in [1.82, 2.24) is 5.32 Å². The molecule has 19 heavy (non-hydrogen) atoms. The second-order valence-electron chi connectivity index (χ2n) is 4.86. The van der Waals surface area contributed by atoms with Crippen molar-refractivity contribution in [2.24, 2.45) is 0 Å². The molecule has 2 atom stereocenters. The van der Waals surface area contributed by atoms with Gasteiger partial charge in [-0.3, -0.25) is 0 Å². The van der Waals surface area contributed by atoms with Crippen molar-refractivity contribution in [2.75, 3.05) is 18.9 Å². The lowest BCUT2D eigenvalue weighted by Crippen LogP contribution is -2.39. The van der Waals surface area contributed by atoms with E-state index in [0.717, 1.165) is 18.6 Å². The monoisotopic (exact) mass is 266 g/mol. The SMILES string of the molecule is CCOc1ccc(CC(C)NC(CC)CO)cc1N. The molecule has 0 heterocycles. The first-order valence-electron chi connectivity index (χ1n) is 6.98. The lowest BCUT2D eigenvalue weighted by molar-refractivity contribution is 0.229. The maximum Gasteiger partial charge on any atom is 0.142 e. The van der Waals surface area contributed by atoms with Gasteiger partial charge in [0.15, 0.2) is 0 Å². The van der Waals surface area contributed by atoms with E-state index in [1.54, 1.807) is 0 Å². The second kappa shape index (κ2) is 8.02. The van der Waals surface area contributed by atoms with E-state index < -0.39 is 0 Å². The number of nitrogens with two attached hydrogens (primary N) is 1. The summed E-state index contributed by atoms with van der Waals surface area (Å²) in [5, 5.41) is 12.6. The van der Waals surface area contributed by atoms with Crippen molar-refractivity contribution in [1.29, 1.82) is 0 Å². The molecule has 1 aromatic carbocycles. The molecule has 0 spiro atoms. The van der Waals surface area contributed by atoms with E-state index in [9.17, 15) is 5.11 Å². The highest BCUT2D eigenvalue weighted by molar-refractivity contribution is 5.54. The molecule has 0 aliphatic rings. The van der Waals surface area contributed by atoms with Crippen molar-refractivity contribution < 1.29 is 9.84 Å². The molecule has 1 rings (SSSR count). The van der Waals surface area contributed by atoms with Crippen LogP contribution >= 0.6 is 0 Å². The minimum absolute atomic E-state index is 0.162. The van der Waals surface area contributed by atoms with Gasteiger partial charge in [-0.25, -0.2) is 0 Å². The fourth-order valence-corrected chi connectivity index (χ4v) is 2.13. The average molecular weight is 266 g/mol. The summed E-state index contributed by atoms with van der Waals surface area (Å²) in [6.45, 7) is 6.92. The smallest absolute Gasteiger partial charge is 0.142 e. The van der Waals surface area contributed by atoms with E-state index in [4.69, 9.17) is 10.5 Å². The third-order valence-corrected chi connectivity index (χ3v) is 3.15. The molecule has 4 heteroatoms. The minimum Gasteiger partial charge on any atom is -0.492 e. The van der Waals surface area contributed by atoms with Crippen LogP contribution in [0, 0.1) is 0 Å². The number of aliphatic hydroxyl groups excluding tert-OH is 1. The number of anilines is 1. The largest absolute Gasteiger partial charge is 0.492 e. The summed E-state index contributed by atoms with van der Waals surface area (Å²) in [4.78, 5) is 0. The maximum atomic E-state index is 9.18. The van der Waals surface area contributed by atoms with Gasteiger partial charge in [0, 0.05) is 12.1 Å². The fraction of sp³-hybridized carbons (Fsp3) is 0.600. The number of hydrogen-bond acceptors (Lipinski definition) is 4. The molecule has 2 unspecified atom stereocenters. The molecule has 0 aliphatic heterocycles. The molecule has 0 saturated heterocycles. The van der Waals surface area contributed by atoms with Gasteiger partial charge < -0.3 is 20.9 Å². The molecule has 0 saturated carbocycles. The molecule has 108 valence electrons. The van der Waals surface area contributed by atoms with Crippen LogP contribution in [0.1, 0.15) is 32.8 Å². The van der Waals surface area contributed by atoms with Crippen LogP contribution in [0.5, 0.6) is 5.75 Å². The number of benzene rings is 1. The zero-order valence-corrected chi connectivity index (χ0v) is 12.1. The predicted molar refractivity (Wildman–Crippen MR) is 79.5 cm³/mol. The quantitative estimate of drug-likeness (QED) is 0.629. The lowest BCUT2D eigenvalue weighted by atomic mass is 10.0. The summed E-state index contributed by atoms with van der Waals surface area (Å²) in [6.07, 6.45) is 1.80. The van der Waals surface area contributed by atoms with Crippen LogP contribution in [-0.4, -0.2) is 30.4 Å². The molecule has 0 aliphatic carbocycles. The van der Waals surface area contributed by atoms with Crippen LogP contribution in [0.3, 0.4) is 0 Å². The first-order chi connectivity index (χ1) is 9.10. The van der Waals surface area contributed by atoms with Crippen molar-refractivity contribution in [2.45, 2.75) is 45.7 Å². The second-order valence-corrected chi connectivity index (χ2v) is 4.86. The number of aliphatic hydroxyl groups is 1. The number of nitrogens with one attached hydrogen (secondary N) is 1. The van der Waals surface area contributed by atoms with Crippen LogP contribution in [0.25, 0.3) is 0 Å². The summed E-state index contributed by atoms with van der Waals surface area (Å²) in [5.41, 5.74) is 7.81. The molecule has 0 bridgehead atoms. The molecule has 4 N–H and O–H groups in total. The zero-order chi connectivity index (χ0) is 14.3. The normalized spacial score (nSPS) is 14.1. The standard InChI is InChI=1S/C15H26N2O2/c1-4-13(10-18)17-11(3)8-12-6-7-15(19-5-2)14(16)9-12/h6-7,9,11,13,17-18H,4-5,8,10,16H2,1-3H3. The molecule has 0 aromatic heterocycles. The maximum absolute atomic E-state index is 9.18. The highest BCUT2D eigenvalue weighted by atomic mass is 16.5. The topological polar surface area (TPSA) is 67.5 Å². The minimum atomic E-state index is 0.162. The Morgan fingerprint density at radius 3 is 2.63 bits per heavy atom. The highest BCUT2D eigenvalue weighted by Crippen LogP contribution is 2.23. The summed E-state index contributed by atoms with van der Waals surface area (Å²) in [7, 11) is 0. The first kappa shape index (κ1) is 15.8. The Kier molecular flexibility index (Phi) is 6.67. The first-order valence-corrected chi connectivity index (χ1v) is 6.98. The van der Waals surface area contributed by atoms with Gasteiger partial charge in [-0.15, -0.1) is 0 Å². The molecule has 0 amide bonds. The summed E-state index contributed by atoms with van der Waals surface area (Å²) >= 11 is 0. The lowest BCUT2D eigenvalue weighted by Gasteiger charge is -2.21. The summed E-state index contributed by atoms with van der Waals surface area (Å²) in [5.74, 6) is 0.744. The van der Waals surface area contributed by atoms with Crippen LogP contribution in [-0.2, 0) is 6.42 Å². The van der Waals surface area contributed by atoms with Gasteiger partial charge in [0.25, 0.3) is 0 Å². The van der Waals surface area contributed by atoms with Crippen molar-refractivity contribution >= 4 is 5.69 Å². The number of nitrogen functional groups attached to an aromatic ring is 1. The predicted octanol–water partition coefficient (Wildman–Crippen LogP) is 1.96. The van der Waals surface area contributed by atoms with Crippen LogP contribution in [0.15, 0.2) is 18.2 Å². The van der Waals surface area contributed by atoms with E-state index >= 15 is 0 Å². The molecule has 1 aromatic rings. The number of rotatable bonds is 8. The Labute approximate surface area is 116 Å². The Morgan fingerprint density at radius 2 is 2.11 bits per heavy atom. The van der Waals surface area contributed by atoms with Crippen LogP contribution < -0.4 is 15.8 Å². The Hall–Kier alpha value is -1.26. The van der Waals surface area contributed by atoms with Gasteiger partial charge in [0.2, 0.25) is 0 Å². The van der Waals surface area contributed by atoms with Gasteiger partial charge >= 0.3 is 0 Å². The van der Waals surface area contributed by atoms with Gasteiger partial charge in [-0.2, -0.15) is 0 Å². The fourth-order valence-electron chi connectivity index (χ4n) is 2.13. The third kappa shape index (κ3) is 5.09. The van der Waals surface area contributed by atoms with Crippen molar-refractivity contribution in [3.63, 3.8) is 0 Å². The molecular weight excluding hydrogens is 240 g/mol. The third-order valence-electron chi connectivity index (χ3n) is 3.15. The number of ether oxygens (including phenoxy) is 1. The van der Waals surface area contributed by atoms with Gasteiger partial charge in [0.1, 0.15) is 5.75 Å². The van der Waals surface area contributed by atoms with Gasteiger partial charge in [0.05, 0.1) is 18.9 Å². The summed E-state index contributed by atoms with van der Waals surface area (Å²) < 4.78 is 5.42. The van der Waals surface area contributed by atoms with Crippen molar-refractivity contribution in [3.8, 4) is 5.75 Å². The van der Waals surface area contributed by atoms with E-state index in [2.05, 4.69) is 19.2 Å². The Bertz CT molecular complexity index is 378. The Morgan fingerprint density at radius 1 is 1.37 bits per heavy atom. The summed E-state index contributed by atoms with van der Waals surface area (Å²) in [6, 6.07) is 6.39.